The van der Waals surface area contributed by atoms with Gasteiger partial charge in [-0.15, -0.1) is 5.10 Å². The maximum atomic E-state index is 15.6. The lowest BCUT2D eigenvalue weighted by atomic mass is 9.54. The van der Waals surface area contributed by atoms with Crippen LogP contribution in [-0.2, 0) is 14.3 Å². The third-order valence-corrected chi connectivity index (χ3v) is 16.6. The normalized spacial score (nSPS) is 25.9. The molecule has 1 aliphatic heterocycles. The Morgan fingerprint density at radius 3 is 1.73 bits per heavy atom. The molecule has 10 heteroatoms. The lowest BCUT2D eigenvalue weighted by Crippen LogP contribution is -2.49. The standard InChI is InChI=1S/C60H100N6O4/c1-23-25-26-38(24-2)55(68)64-52-48(45(67)32-39-41(57(11,12)13)28-36(9)29-42(39)58(14,15)16)46(34(5)6)51(61-52)63-53-40(27-33(3)4)47(54-62-50(35(7)8)65-66(53)54)56(69)70-49-43(59(17,18)19)30-37(10)31-44(49)60(20,21)22/h33-39,41-44,49,61H,23-32H2,1-22H3,(H,64,68). The molecule has 1 amide bonds. The molecule has 10 nitrogen and oxygen atoms in total. The zero-order valence-electron chi connectivity index (χ0n) is 48.4. The van der Waals surface area contributed by atoms with E-state index < -0.39 is 0 Å². The van der Waals surface area contributed by atoms with E-state index in [-0.39, 0.29) is 86.8 Å². The fourth-order valence-electron chi connectivity index (χ4n) is 12.8. The molecule has 394 valence electrons. The number of hydrogen-bond donors (Lipinski definition) is 2. The summed E-state index contributed by atoms with van der Waals surface area (Å²) in [5.41, 5.74) is 2.28. The summed E-state index contributed by atoms with van der Waals surface area (Å²) in [6.45, 7) is 49.2. The van der Waals surface area contributed by atoms with Crippen LogP contribution in [0.25, 0.3) is 5.57 Å². The number of aromatic nitrogens is 4. The van der Waals surface area contributed by atoms with Gasteiger partial charge in [0.2, 0.25) is 5.91 Å². The molecule has 0 aromatic carbocycles. The van der Waals surface area contributed by atoms with Crippen molar-refractivity contribution >= 4 is 40.7 Å². The van der Waals surface area contributed by atoms with E-state index in [0.717, 1.165) is 56.1 Å². The Morgan fingerprint density at radius 1 is 0.771 bits per heavy atom. The number of fused-ring (bicyclic) bond motifs is 1. The third kappa shape index (κ3) is 12.8. The van der Waals surface area contributed by atoms with Crippen LogP contribution in [0, 0.1) is 74.9 Å². The Hall–Kier alpha value is -3.56. The Balaban J connectivity index is 1.78. The first kappa shape index (κ1) is 57.3. The predicted molar refractivity (Wildman–Crippen MR) is 291 cm³/mol. The van der Waals surface area contributed by atoms with Gasteiger partial charge in [-0.2, -0.15) is 4.68 Å². The number of carbonyl (C=O) groups excluding carboxylic acids is 3. The number of unbranched alkanes of at least 4 members (excludes halogenated alkanes) is 1. The van der Waals surface area contributed by atoms with Crippen molar-refractivity contribution in [3.05, 3.63) is 28.3 Å². The van der Waals surface area contributed by atoms with Crippen molar-refractivity contribution in [1.29, 1.82) is 0 Å². The Kier molecular flexibility index (Phi) is 17.9. The number of Topliss-reactive ketones (excluding diaryl/α,β-unsaturated/α-hetero) is 1. The Labute approximate surface area is 426 Å². The molecule has 2 aliphatic carbocycles. The summed E-state index contributed by atoms with van der Waals surface area (Å²) in [5, 5.41) is 8.40. The Bertz CT molecular complexity index is 2180. The molecule has 5 atom stereocenters. The van der Waals surface area contributed by atoms with Crippen molar-refractivity contribution in [3.8, 4) is 0 Å². The Morgan fingerprint density at radius 2 is 1.29 bits per heavy atom. The largest absolute Gasteiger partial charge is 0.458 e. The number of nitrogens with zero attached hydrogens (tertiary/aromatic N) is 4. The average molecular weight is 969 g/mol. The number of amides is 1. The zero-order chi connectivity index (χ0) is 52.7. The molecule has 5 rings (SSSR count). The number of esters is 1. The van der Waals surface area contributed by atoms with Gasteiger partial charge in [0.15, 0.2) is 23.3 Å². The van der Waals surface area contributed by atoms with Gasteiger partial charge in [0.25, 0.3) is 0 Å². The number of nitrogens with one attached hydrogen (secondary N) is 2. The maximum Gasteiger partial charge on any atom is 0.342 e. The molecule has 2 saturated carbocycles. The second-order valence-electron chi connectivity index (χ2n) is 28.0. The number of aromatic amines is 1. The summed E-state index contributed by atoms with van der Waals surface area (Å²) in [6.07, 6.45) is 8.18. The lowest BCUT2D eigenvalue weighted by molar-refractivity contribution is -0.162. The van der Waals surface area contributed by atoms with Crippen LogP contribution in [0.5, 0.6) is 0 Å². The van der Waals surface area contributed by atoms with E-state index in [9.17, 15) is 4.79 Å². The summed E-state index contributed by atoms with van der Waals surface area (Å²) in [5.74, 6) is 4.09. The van der Waals surface area contributed by atoms with Crippen molar-refractivity contribution in [2.75, 3.05) is 5.32 Å². The first-order valence-corrected chi connectivity index (χ1v) is 27.8. The maximum absolute atomic E-state index is 15.6. The van der Waals surface area contributed by atoms with E-state index in [0.29, 0.717) is 83.2 Å². The number of ketones is 1. The molecule has 3 heterocycles. The molecular weight excluding hydrogens is 869 g/mol. The quantitative estimate of drug-likeness (QED) is 0.127. The number of hydrogen-bond acceptors (Lipinski definition) is 7. The summed E-state index contributed by atoms with van der Waals surface area (Å²) < 4.78 is 8.72. The molecule has 0 radical (unpaired) electrons. The van der Waals surface area contributed by atoms with E-state index in [1.807, 2.05) is 0 Å². The van der Waals surface area contributed by atoms with Gasteiger partial charge < -0.3 is 15.0 Å². The van der Waals surface area contributed by atoms with Crippen LogP contribution in [0.4, 0.5) is 11.6 Å². The molecule has 70 heavy (non-hydrogen) atoms. The van der Waals surface area contributed by atoms with Crippen LogP contribution in [-0.4, -0.2) is 49.3 Å². The monoisotopic (exact) mass is 969 g/mol. The first-order valence-electron chi connectivity index (χ1n) is 27.8. The molecule has 2 N–H and O–H groups in total. The van der Waals surface area contributed by atoms with Crippen molar-refractivity contribution in [1.82, 2.24) is 19.7 Å². The highest BCUT2D eigenvalue weighted by Crippen LogP contribution is 2.55. The summed E-state index contributed by atoms with van der Waals surface area (Å²) >= 11 is 0. The molecule has 2 aromatic heterocycles. The minimum atomic E-state index is -0.381. The van der Waals surface area contributed by atoms with Crippen molar-refractivity contribution < 1.29 is 19.1 Å². The van der Waals surface area contributed by atoms with Crippen LogP contribution >= 0.6 is 0 Å². The van der Waals surface area contributed by atoms with Crippen LogP contribution in [0.3, 0.4) is 0 Å². The predicted octanol–water partition coefficient (Wildman–Crippen LogP) is 16.0. The molecule has 0 saturated heterocycles. The molecule has 0 spiro atoms. The number of H-pyrrole nitrogens is 1. The van der Waals surface area contributed by atoms with E-state index >= 15 is 9.59 Å². The number of carbonyl (C=O) groups is 3. The number of rotatable bonds is 16. The number of allylic oxidation sites excluding steroid dienone is 1. The van der Waals surface area contributed by atoms with Gasteiger partial charge in [-0.05, 0) is 108 Å². The van der Waals surface area contributed by atoms with Gasteiger partial charge in [0, 0.05) is 41.2 Å². The van der Waals surface area contributed by atoms with Gasteiger partial charge >= 0.3 is 5.97 Å². The summed E-state index contributed by atoms with van der Waals surface area (Å²) in [4.78, 5) is 59.6. The van der Waals surface area contributed by atoms with E-state index in [4.69, 9.17) is 19.8 Å². The van der Waals surface area contributed by atoms with E-state index in [1.165, 1.54) is 0 Å². The topological polar surface area (TPSA) is 131 Å². The third-order valence-electron chi connectivity index (χ3n) is 16.6. The SMILES string of the molecule is CCCCC(CC)C(=O)Nc1[nH]c(N=C2C(CC(C)C)=C(C(=O)OC3C(C(C)(C)C)CC(C)CC3C(C)(C)C)c3nc(C(C)C)nn32)c(C(C)C)c1C(=O)CC1C(C(C)(C)C)CC(C)CC1C(C)(C)C. The van der Waals surface area contributed by atoms with Gasteiger partial charge in [-0.25, -0.2) is 14.8 Å². The number of ether oxygens (including phenoxy) is 1. The number of anilines is 1. The van der Waals surface area contributed by atoms with Gasteiger partial charge in [0.05, 0.1) is 5.56 Å². The minimum absolute atomic E-state index is 0.00546. The van der Waals surface area contributed by atoms with E-state index in [1.54, 1.807) is 4.68 Å². The van der Waals surface area contributed by atoms with Crippen molar-refractivity contribution in [2.24, 2.45) is 79.9 Å². The second-order valence-corrected chi connectivity index (χ2v) is 28.0. The summed E-state index contributed by atoms with van der Waals surface area (Å²) in [6, 6.07) is 0. The smallest absolute Gasteiger partial charge is 0.342 e. The summed E-state index contributed by atoms with van der Waals surface area (Å²) in [7, 11) is 0. The van der Waals surface area contributed by atoms with Gasteiger partial charge in [-0.1, -0.05) is 165 Å². The van der Waals surface area contributed by atoms with Gasteiger partial charge in [-0.3, -0.25) is 9.59 Å². The highest BCUT2D eigenvalue weighted by molar-refractivity contribution is 6.28. The molecule has 2 fully saturated rings. The van der Waals surface area contributed by atoms with Crippen molar-refractivity contribution in [2.45, 2.75) is 234 Å². The van der Waals surface area contributed by atoms with Crippen molar-refractivity contribution in [3.63, 3.8) is 0 Å². The highest BCUT2D eigenvalue weighted by atomic mass is 16.5. The zero-order valence-corrected chi connectivity index (χ0v) is 48.4. The number of aliphatic imine (C=N–C) groups is 1. The molecule has 0 bridgehead atoms. The minimum Gasteiger partial charge on any atom is -0.458 e. The highest BCUT2D eigenvalue weighted by Gasteiger charge is 2.50. The molecule has 2 aromatic rings. The average Bonchev–Trinajstić information content (AvgIpc) is 3.88. The van der Waals surface area contributed by atoms with Gasteiger partial charge in [0.1, 0.15) is 23.3 Å². The fourth-order valence-corrected chi connectivity index (χ4v) is 12.8. The lowest BCUT2D eigenvalue weighted by Gasteiger charge is -2.51. The van der Waals surface area contributed by atoms with E-state index in [2.05, 4.69) is 163 Å². The van der Waals surface area contributed by atoms with Crippen LogP contribution in [0.1, 0.15) is 256 Å². The first-order chi connectivity index (χ1) is 32.2. The fraction of sp³-hybridized carbons (Fsp3) is 0.800. The molecule has 5 unspecified atom stereocenters. The van der Waals surface area contributed by atoms with Crippen LogP contribution < -0.4 is 5.32 Å². The molecular formula is C60H100N6O4. The molecule has 3 aliphatic rings. The van der Waals surface area contributed by atoms with Crippen LogP contribution in [0.2, 0.25) is 0 Å². The second kappa shape index (κ2) is 21.9. The van der Waals surface area contributed by atoms with Crippen LogP contribution in [0.15, 0.2) is 10.6 Å².